The van der Waals surface area contributed by atoms with Crippen LogP contribution < -0.4 is 5.69 Å². The molecule has 0 bridgehead atoms. The Hall–Kier alpha value is -1.84. The molecule has 110 valence electrons. The fourth-order valence-corrected chi connectivity index (χ4v) is 3.30. The fraction of sp³-hybridized carbons (Fsp3) is 0.467. The van der Waals surface area contributed by atoms with E-state index in [-0.39, 0.29) is 12.3 Å². The van der Waals surface area contributed by atoms with E-state index in [2.05, 4.69) is 16.9 Å². The van der Waals surface area contributed by atoms with E-state index in [1.54, 1.807) is 20.6 Å². The second kappa shape index (κ2) is 6.29. The number of aromatic nitrogens is 3. The predicted octanol–water partition coefficient (Wildman–Crippen LogP) is 1.22. The third-order valence-electron chi connectivity index (χ3n) is 3.45. The molecule has 1 N–H and O–H groups in total. The summed E-state index contributed by atoms with van der Waals surface area (Å²) >= 11 is 1.57. The fourth-order valence-electron chi connectivity index (χ4n) is 2.43. The standard InChI is InChI=1S/C15H17N3O2S/c19-10-4-2-5-12-7-8-13(21-12)11-18-15(20)17-9-3-1-6-14(17)16-18/h7-8,19H,1,3-4,6,9-11H2. The van der Waals surface area contributed by atoms with Gasteiger partial charge in [0.2, 0.25) is 0 Å². The van der Waals surface area contributed by atoms with Crippen molar-refractivity contribution in [3.8, 4) is 11.8 Å². The van der Waals surface area contributed by atoms with Crippen molar-refractivity contribution in [2.75, 3.05) is 6.61 Å². The highest BCUT2D eigenvalue weighted by Gasteiger charge is 2.16. The summed E-state index contributed by atoms with van der Waals surface area (Å²) in [4.78, 5) is 14.3. The number of thiophene rings is 1. The second-order valence-electron chi connectivity index (χ2n) is 5.01. The molecule has 0 unspecified atom stereocenters. The zero-order valence-electron chi connectivity index (χ0n) is 11.7. The lowest BCUT2D eigenvalue weighted by Crippen LogP contribution is -2.27. The first-order valence-corrected chi connectivity index (χ1v) is 7.94. The largest absolute Gasteiger partial charge is 0.395 e. The van der Waals surface area contributed by atoms with Crippen LogP contribution in [0, 0.1) is 11.8 Å². The maximum atomic E-state index is 12.2. The van der Waals surface area contributed by atoms with Crippen molar-refractivity contribution in [3.05, 3.63) is 38.2 Å². The highest BCUT2D eigenvalue weighted by atomic mass is 32.1. The summed E-state index contributed by atoms with van der Waals surface area (Å²) in [5.74, 6) is 6.82. The van der Waals surface area contributed by atoms with Crippen molar-refractivity contribution in [3.63, 3.8) is 0 Å². The highest BCUT2D eigenvalue weighted by Crippen LogP contribution is 2.17. The van der Waals surface area contributed by atoms with E-state index in [0.29, 0.717) is 13.0 Å². The van der Waals surface area contributed by atoms with Gasteiger partial charge in [0.25, 0.3) is 0 Å². The van der Waals surface area contributed by atoms with E-state index in [1.165, 1.54) is 0 Å². The second-order valence-corrected chi connectivity index (χ2v) is 6.17. The van der Waals surface area contributed by atoms with E-state index in [1.807, 2.05) is 12.1 Å². The lowest BCUT2D eigenvalue weighted by Gasteiger charge is -2.09. The summed E-state index contributed by atoms with van der Waals surface area (Å²) in [7, 11) is 0. The third kappa shape index (κ3) is 3.09. The van der Waals surface area contributed by atoms with E-state index in [9.17, 15) is 4.79 Å². The van der Waals surface area contributed by atoms with Crippen molar-refractivity contribution in [1.29, 1.82) is 0 Å². The minimum atomic E-state index is -0.00832. The molecular formula is C15H17N3O2S. The number of aliphatic hydroxyl groups excluding tert-OH is 1. The normalized spacial score (nSPS) is 13.6. The van der Waals surface area contributed by atoms with Gasteiger partial charge in [-0.05, 0) is 25.0 Å². The Kier molecular flexibility index (Phi) is 4.23. The Morgan fingerprint density at radius 1 is 1.38 bits per heavy atom. The molecule has 2 aromatic rings. The molecular weight excluding hydrogens is 286 g/mol. The van der Waals surface area contributed by atoms with E-state index in [4.69, 9.17) is 5.11 Å². The summed E-state index contributed by atoms with van der Waals surface area (Å²) in [6.07, 6.45) is 3.55. The van der Waals surface area contributed by atoms with Crippen LogP contribution in [0.15, 0.2) is 16.9 Å². The molecule has 0 aromatic carbocycles. The van der Waals surface area contributed by atoms with Gasteiger partial charge < -0.3 is 5.11 Å². The van der Waals surface area contributed by atoms with Gasteiger partial charge in [-0.1, -0.05) is 11.8 Å². The van der Waals surface area contributed by atoms with Crippen LogP contribution >= 0.6 is 11.3 Å². The van der Waals surface area contributed by atoms with Crippen molar-refractivity contribution in [2.45, 2.75) is 38.8 Å². The minimum Gasteiger partial charge on any atom is -0.395 e. The Morgan fingerprint density at radius 2 is 2.29 bits per heavy atom. The first kappa shape index (κ1) is 14.1. The smallest absolute Gasteiger partial charge is 0.346 e. The van der Waals surface area contributed by atoms with E-state index >= 15 is 0 Å². The van der Waals surface area contributed by atoms with Crippen LogP contribution in [0.25, 0.3) is 0 Å². The number of aliphatic hydroxyl groups is 1. The number of rotatable bonds is 3. The number of hydrogen-bond acceptors (Lipinski definition) is 4. The quantitative estimate of drug-likeness (QED) is 0.868. The summed E-state index contributed by atoms with van der Waals surface area (Å²) in [5, 5.41) is 13.1. The van der Waals surface area contributed by atoms with Crippen LogP contribution in [0.3, 0.4) is 0 Å². The average Bonchev–Trinajstić information content (AvgIpc) is 3.06. The van der Waals surface area contributed by atoms with Crippen LogP contribution in [0.5, 0.6) is 0 Å². The SMILES string of the molecule is O=c1n(Cc2ccc(C#CCCO)s2)nc2n1CCCC2. The molecule has 0 atom stereocenters. The van der Waals surface area contributed by atoms with Gasteiger partial charge >= 0.3 is 5.69 Å². The van der Waals surface area contributed by atoms with Gasteiger partial charge in [-0.25, -0.2) is 9.48 Å². The monoisotopic (exact) mass is 303 g/mol. The van der Waals surface area contributed by atoms with Crippen molar-refractivity contribution in [1.82, 2.24) is 14.3 Å². The third-order valence-corrected chi connectivity index (χ3v) is 4.43. The summed E-state index contributed by atoms with van der Waals surface area (Å²) in [6, 6.07) is 3.93. The molecule has 0 radical (unpaired) electrons. The van der Waals surface area contributed by atoms with Crippen molar-refractivity contribution >= 4 is 11.3 Å². The van der Waals surface area contributed by atoms with Gasteiger partial charge in [0.05, 0.1) is 18.0 Å². The molecule has 0 saturated carbocycles. The Labute approximate surface area is 126 Å². The molecule has 0 amide bonds. The highest BCUT2D eigenvalue weighted by molar-refractivity contribution is 7.12. The lowest BCUT2D eigenvalue weighted by atomic mass is 10.2. The topological polar surface area (TPSA) is 60.1 Å². The number of aryl methyl sites for hydroxylation is 1. The zero-order valence-corrected chi connectivity index (χ0v) is 12.5. The molecule has 3 rings (SSSR count). The summed E-state index contributed by atoms with van der Waals surface area (Å²) in [5.41, 5.74) is -0.00832. The number of fused-ring (bicyclic) bond motifs is 1. The number of hydrogen-bond donors (Lipinski definition) is 1. The van der Waals surface area contributed by atoms with E-state index < -0.39 is 0 Å². The molecule has 5 nitrogen and oxygen atoms in total. The average molecular weight is 303 g/mol. The molecule has 3 heterocycles. The molecule has 0 spiro atoms. The molecule has 2 aromatic heterocycles. The first-order valence-electron chi connectivity index (χ1n) is 7.13. The van der Waals surface area contributed by atoms with Crippen LogP contribution in [0.1, 0.15) is 34.8 Å². The molecule has 0 aliphatic carbocycles. The van der Waals surface area contributed by atoms with Crippen LogP contribution in [0.2, 0.25) is 0 Å². The minimum absolute atomic E-state index is 0.00832. The molecule has 1 aliphatic heterocycles. The summed E-state index contributed by atoms with van der Waals surface area (Å²) < 4.78 is 3.34. The van der Waals surface area contributed by atoms with Crippen LogP contribution in [0.4, 0.5) is 0 Å². The van der Waals surface area contributed by atoms with Gasteiger partial charge in [0.1, 0.15) is 5.82 Å². The first-order chi connectivity index (χ1) is 10.3. The van der Waals surface area contributed by atoms with Crippen LogP contribution in [-0.4, -0.2) is 26.1 Å². The number of nitrogens with zero attached hydrogens (tertiary/aromatic N) is 3. The molecule has 0 fully saturated rings. The van der Waals surface area contributed by atoms with Gasteiger partial charge in [-0.15, -0.1) is 11.3 Å². The lowest BCUT2D eigenvalue weighted by molar-refractivity contribution is 0.305. The van der Waals surface area contributed by atoms with Gasteiger partial charge in [0.15, 0.2) is 0 Å². The van der Waals surface area contributed by atoms with Crippen molar-refractivity contribution in [2.24, 2.45) is 0 Å². The van der Waals surface area contributed by atoms with Gasteiger partial charge in [0, 0.05) is 24.3 Å². The molecule has 21 heavy (non-hydrogen) atoms. The van der Waals surface area contributed by atoms with Crippen LogP contribution in [-0.2, 0) is 19.5 Å². The maximum Gasteiger partial charge on any atom is 0.346 e. The Bertz CT molecular complexity index is 745. The Morgan fingerprint density at radius 3 is 3.10 bits per heavy atom. The van der Waals surface area contributed by atoms with Gasteiger partial charge in [-0.3, -0.25) is 4.57 Å². The molecule has 0 saturated heterocycles. The van der Waals surface area contributed by atoms with Gasteiger partial charge in [-0.2, -0.15) is 5.10 Å². The zero-order chi connectivity index (χ0) is 14.7. The molecule has 1 aliphatic rings. The molecule has 6 heteroatoms. The predicted molar refractivity (Wildman–Crippen MR) is 81.4 cm³/mol. The van der Waals surface area contributed by atoms with E-state index in [0.717, 1.165) is 41.4 Å². The van der Waals surface area contributed by atoms with Crippen molar-refractivity contribution < 1.29 is 5.11 Å². The maximum absolute atomic E-state index is 12.2. The Balaban J connectivity index is 1.77. The summed E-state index contributed by atoms with van der Waals surface area (Å²) in [6.45, 7) is 1.38.